The summed E-state index contributed by atoms with van der Waals surface area (Å²) in [4.78, 5) is 24.2. The van der Waals surface area contributed by atoms with Crippen molar-refractivity contribution in [3.05, 3.63) is 70.7 Å². The fourth-order valence-corrected chi connectivity index (χ4v) is 3.53. The molecule has 1 heterocycles. The third kappa shape index (κ3) is 6.17. The Morgan fingerprint density at radius 1 is 1.18 bits per heavy atom. The van der Waals surface area contributed by atoms with Crippen LogP contribution < -0.4 is 10.6 Å². The highest BCUT2D eigenvalue weighted by molar-refractivity contribution is 9.10. The molecule has 2 aromatic rings. The van der Waals surface area contributed by atoms with Crippen LogP contribution in [0.3, 0.4) is 0 Å². The van der Waals surface area contributed by atoms with E-state index < -0.39 is 5.25 Å². The highest BCUT2D eigenvalue weighted by Crippen LogP contribution is 2.23. The quantitative estimate of drug-likeness (QED) is 0.507. The molecule has 8 heteroatoms. The van der Waals surface area contributed by atoms with E-state index in [-0.39, 0.29) is 18.2 Å². The Morgan fingerprint density at radius 2 is 1.93 bits per heavy atom. The predicted octanol–water partition coefficient (Wildman–Crippen LogP) is 4.06. The minimum atomic E-state index is -0.524. The number of amidine groups is 1. The summed E-state index contributed by atoms with van der Waals surface area (Å²) in [7, 11) is 0. The summed E-state index contributed by atoms with van der Waals surface area (Å²) in [5.41, 5.74) is 1.74. The number of amides is 2. The van der Waals surface area contributed by atoms with Crippen LogP contribution in [0.15, 0.2) is 75.3 Å². The Morgan fingerprint density at radius 3 is 2.68 bits per heavy atom. The Balaban J connectivity index is 1.49. The number of carbonyl (C=O) groups is 2. The van der Waals surface area contributed by atoms with Crippen LogP contribution in [0.5, 0.6) is 0 Å². The number of rotatable bonds is 6. The number of hydrogen-bond acceptors (Lipinski definition) is 5. The SMILES string of the molecule is O=C(C[C@H]1S\C(=N/N=C\C=C\c2ccccc2)NC1=O)Nc1ccc(Br)cc1. The van der Waals surface area contributed by atoms with Crippen molar-refractivity contribution in [2.45, 2.75) is 11.7 Å². The second-order valence-corrected chi connectivity index (χ2v) is 7.90. The molecule has 1 saturated heterocycles. The molecule has 1 atom stereocenters. The van der Waals surface area contributed by atoms with E-state index in [4.69, 9.17) is 0 Å². The van der Waals surface area contributed by atoms with Gasteiger partial charge in [0.1, 0.15) is 5.25 Å². The van der Waals surface area contributed by atoms with E-state index in [1.165, 1.54) is 11.8 Å². The lowest BCUT2D eigenvalue weighted by atomic mass is 10.2. The van der Waals surface area contributed by atoms with Crippen molar-refractivity contribution in [2.24, 2.45) is 10.2 Å². The predicted molar refractivity (Wildman–Crippen MR) is 118 cm³/mol. The van der Waals surface area contributed by atoms with Gasteiger partial charge in [-0.1, -0.05) is 64.1 Å². The summed E-state index contributed by atoms with van der Waals surface area (Å²) in [5, 5.41) is 13.2. The van der Waals surface area contributed by atoms with Gasteiger partial charge in [-0.15, -0.1) is 5.10 Å². The van der Waals surface area contributed by atoms with Gasteiger partial charge in [0.05, 0.1) is 0 Å². The number of anilines is 1. The minimum absolute atomic E-state index is 0.0587. The number of nitrogens with zero attached hydrogens (tertiary/aromatic N) is 2. The number of nitrogens with one attached hydrogen (secondary N) is 2. The minimum Gasteiger partial charge on any atom is -0.326 e. The molecule has 142 valence electrons. The molecule has 0 aliphatic carbocycles. The van der Waals surface area contributed by atoms with E-state index in [1.54, 1.807) is 24.4 Å². The van der Waals surface area contributed by atoms with E-state index in [1.807, 2.05) is 48.5 Å². The number of hydrogen-bond donors (Lipinski definition) is 2. The second kappa shape index (κ2) is 10.0. The van der Waals surface area contributed by atoms with Gasteiger partial charge in [-0.05, 0) is 35.9 Å². The molecule has 2 amide bonds. The number of allylic oxidation sites excluding steroid dienone is 1. The summed E-state index contributed by atoms with van der Waals surface area (Å²) in [6.45, 7) is 0. The lowest BCUT2D eigenvalue weighted by Crippen LogP contribution is -2.28. The largest absolute Gasteiger partial charge is 0.326 e. The van der Waals surface area contributed by atoms with Crippen LogP contribution in [0, 0.1) is 0 Å². The summed E-state index contributed by atoms with van der Waals surface area (Å²) >= 11 is 4.54. The number of thioether (sulfide) groups is 1. The van der Waals surface area contributed by atoms with Crippen LogP contribution in [-0.4, -0.2) is 28.4 Å². The van der Waals surface area contributed by atoms with E-state index in [0.29, 0.717) is 10.9 Å². The Kier molecular flexibility index (Phi) is 7.16. The van der Waals surface area contributed by atoms with Crippen LogP contribution in [0.2, 0.25) is 0 Å². The van der Waals surface area contributed by atoms with Gasteiger partial charge in [-0.25, -0.2) is 0 Å². The molecule has 0 unspecified atom stereocenters. The number of halogens is 1. The molecule has 0 bridgehead atoms. The van der Waals surface area contributed by atoms with Crippen molar-refractivity contribution in [1.29, 1.82) is 0 Å². The van der Waals surface area contributed by atoms with Gasteiger partial charge in [-0.3, -0.25) is 9.59 Å². The lowest BCUT2D eigenvalue weighted by Gasteiger charge is -2.07. The third-order valence-electron chi connectivity index (χ3n) is 3.66. The first-order valence-electron chi connectivity index (χ1n) is 8.46. The van der Waals surface area contributed by atoms with E-state index >= 15 is 0 Å². The topological polar surface area (TPSA) is 82.9 Å². The molecule has 1 aliphatic rings. The molecule has 6 nitrogen and oxygen atoms in total. The van der Waals surface area contributed by atoms with Gasteiger partial charge in [0, 0.05) is 22.8 Å². The van der Waals surface area contributed by atoms with Gasteiger partial charge in [0.2, 0.25) is 11.8 Å². The van der Waals surface area contributed by atoms with Gasteiger partial charge in [0.25, 0.3) is 0 Å². The van der Waals surface area contributed by atoms with Crippen molar-refractivity contribution in [3.8, 4) is 0 Å². The maximum Gasteiger partial charge on any atom is 0.240 e. The van der Waals surface area contributed by atoms with Crippen LogP contribution in [0.4, 0.5) is 5.69 Å². The number of benzene rings is 2. The smallest absolute Gasteiger partial charge is 0.240 e. The fourth-order valence-electron chi connectivity index (χ4n) is 2.34. The second-order valence-electron chi connectivity index (χ2n) is 5.79. The monoisotopic (exact) mass is 456 g/mol. The molecule has 28 heavy (non-hydrogen) atoms. The first kappa shape index (κ1) is 20.0. The van der Waals surface area contributed by atoms with Crippen molar-refractivity contribution < 1.29 is 9.59 Å². The van der Waals surface area contributed by atoms with Crippen LogP contribution in [0.25, 0.3) is 6.08 Å². The zero-order valence-electron chi connectivity index (χ0n) is 14.7. The number of carbonyl (C=O) groups excluding carboxylic acids is 2. The van der Waals surface area contributed by atoms with Crippen molar-refractivity contribution >= 4 is 62.7 Å². The van der Waals surface area contributed by atoms with Crippen molar-refractivity contribution in [3.63, 3.8) is 0 Å². The highest BCUT2D eigenvalue weighted by atomic mass is 79.9. The normalized spacial score (nSPS) is 18.1. The molecule has 0 radical (unpaired) electrons. The summed E-state index contributed by atoms with van der Waals surface area (Å²) in [6, 6.07) is 17.1. The molecule has 0 spiro atoms. The molecule has 0 saturated carbocycles. The van der Waals surface area contributed by atoms with Gasteiger partial charge < -0.3 is 10.6 Å². The molecular weight excluding hydrogens is 440 g/mol. The molecule has 2 aromatic carbocycles. The first-order chi connectivity index (χ1) is 13.6. The Hall–Kier alpha value is -2.71. The van der Waals surface area contributed by atoms with Crippen LogP contribution in [0.1, 0.15) is 12.0 Å². The van der Waals surface area contributed by atoms with Gasteiger partial charge >= 0.3 is 0 Å². The van der Waals surface area contributed by atoms with Crippen molar-refractivity contribution in [2.75, 3.05) is 5.32 Å². The van der Waals surface area contributed by atoms with Crippen LogP contribution >= 0.6 is 27.7 Å². The van der Waals surface area contributed by atoms with E-state index in [0.717, 1.165) is 10.0 Å². The lowest BCUT2D eigenvalue weighted by molar-refractivity contribution is -0.122. The molecule has 1 aliphatic heterocycles. The zero-order valence-corrected chi connectivity index (χ0v) is 17.1. The molecule has 1 fully saturated rings. The fraction of sp³-hybridized carbons (Fsp3) is 0.100. The molecule has 2 N–H and O–H groups in total. The average Bonchev–Trinajstić information content (AvgIpc) is 3.03. The van der Waals surface area contributed by atoms with E-state index in [2.05, 4.69) is 36.8 Å². The maximum absolute atomic E-state index is 12.1. The standard InChI is InChI=1S/C20H17BrN4O2S/c21-15-8-10-16(11-9-15)23-18(26)13-17-19(27)24-20(28-17)25-22-12-4-7-14-5-2-1-3-6-14/h1-12,17H,13H2,(H,23,26)(H,24,25,27)/b7-4+,22-12-/t17-/m1/s1. The van der Waals surface area contributed by atoms with Gasteiger partial charge in [0.15, 0.2) is 5.17 Å². The van der Waals surface area contributed by atoms with Crippen LogP contribution in [-0.2, 0) is 9.59 Å². The summed E-state index contributed by atoms with van der Waals surface area (Å²) < 4.78 is 0.927. The summed E-state index contributed by atoms with van der Waals surface area (Å²) in [5.74, 6) is -0.477. The Bertz CT molecular complexity index is 927. The molecule has 0 aromatic heterocycles. The zero-order chi connectivity index (χ0) is 19.8. The molecule has 3 rings (SSSR count). The third-order valence-corrected chi connectivity index (χ3v) is 5.27. The van der Waals surface area contributed by atoms with Crippen molar-refractivity contribution in [1.82, 2.24) is 5.32 Å². The Labute approximate surface area is 175 Å². The highest BCUT2D eigenvalue weighted by Gasteiger charge is 2.32. The first-order valence-corrected chi connectivity index (χ1v) is 10.1. The summed E-state index contributed by atoms with van der Waals surface area (Å²) in [6.07, 6.45) is 5.27. The van der Waals surface area contributed by atoms with E-state index in [9.17, 15) is 9.59 Å². The average molecular weight is 457 g/mol. The molecular formula is C20H17BrN4O2S. The van der Waals surface area contributed by atoms with Gasteiger partial charge in [-0.2, -0.15) is 5.10 Å². The maximum atomic E-state index is 12.1.